The predicted molar refractivity (Wildman–Crippen MR) is 59.5 cm³/mol. The fourth-order valence-electron chi connectivity index (χ4n) is 1.10. The van der Waals surface area contributed by atoms with E-state index in [-0.39, 0.29) is 0 Å². The third kappa shape index (κ3) is 4.44. The molecule has 1 nitrogen and oxygen atoms in total. The average molecular weight is 243 g/mol. The summed E-state index contributed by atoms with van der Waals surface area (Å²) in [5.41, 5.74) is 2.66. The van der Waals surface area contributed by atoms with Crippen molar-refractivity contribution in [3.05, 3.63) is 35.4 Å². The van der Waals surface area contributed by atoms with Gasteiger partial charge in [-0.05, 0) is 18.9 Å². The van der Waals surface area contributed by atoms with Gasteiger partial charge in [-0.3, -0.25) is 0 Å². The molecule has 13 heavy (non-hydrogen) atoms. The molecule has 0 bridgehead atoms. The Bertz CT molecular complexity index is 230. The molecule has 0 aliphatic heterocycles. The van der Waals surface area contributed by atoms with E-state index in [0.717, 1.165) is 25.0 Å². The number of alkyl halides is 1. The van der Waals surface area contributed by atoms with Crippen molar-refractivity contribution in [1.29, 1.82) is 0 Å². The van der Waals surface area contributed by atoms with Crippen molar-refractivity contribution in [3.63, 3.8) is 0 Å². The van der Waals surface area contributed by atoms with Gasteiger partial charge >= 0.3 is 0 Å². The highest BCUT2D eigenvalue weighted by molar-refractivity contribution is 9.09. The molecule has 0 saturated carbocycles. The Morgan fingerprint density at radius 1 is 1.15 bits per heavy atom. The van der Waals surface area contributed by atoms with E-state index in [9.17, 15) is 0 Å². The molecule has 2 heteroatoms. The molecule has 1 aromatic carbocycles. The maximum Gasteiger partial charge on any atom is 0.0563 e. The molecule has 0 fully saturated rings. The second kappa shape index (κ2) is 6.17. The maximum absolute atomic E-state index is 5.37. The Morgan fingerprint density at radius 3 is 2.46 bits per heavy atom. The number of hydrogen-bond acceptors (Lipinski definition) is 1. The number of halogens is 1. The van der Waals surface area contributed by atoms with Gasteiger partial charge < -0.3 is 4.74 Å². The smallest absolute Gasteiger partial charge is 0.0563 e. The second-order valence-corrected chi connectivity index (χ2v) is 3.83. The predicted octanol–water partition coefficient (Wildman–Crippen LogP) is 2.95. The molecule has 0 aliphatic carbocycles. The molecular formula is C11H15BrO. The van der Waals surface area contributed by atoms with Gasteiger partial charge in [0.1, 0.15) is 0 Å². The summed E-state index contributed by atoms with van der Waals surface area (Å²) < 4.78 is 5.37. The fourth-order valence-corrected chi connectivity index (χ4v) is 1.33. The van der Waals surface area contributed by atoms with E-state index >= 15 is 0 Å². The minimum atomic E-state index is 0.797. The molecule has 0 atom stereocenters. The lowest BCUT2D eigenvalue weighted by Gasteiger charge is -2.02. The standard InChI is InChI=1S/C11H15BrO/c1-10-2-4-11(5-3-10)6-8-13-9-7-12/h2-5H,6-9H2,1H3. The largest absolute Gasteiger partial charge is 0.380 e. The average Bonchev–Trinajstić information content (AvgIpc) is 2.15. The van der Waals surface area contributed by atoms with E-state index in [1.165, 1.54) is 11.1 Å². The zero-order valence-electron chi connectivity index (χ0n) is 7.92. The van der Waals surface area contributed by atoms with E-state index in [4.69, 9.17) is 4.74 Å². The van der Waals surface area contributed by atoms with E-state index in [1.54, 1.807) is 0 Å². The zero-order valence-corrected chi connectivity index (χ0v) is 9.51. The first-order chi connectivity index (χ1) is 6.33. The lowest BCUT2D eigenvalue weighted by molar-refractivity contribution is 0.154. The van der Waals surface area contributed by atoms with Gasteiger partial charge in [0.2, 0.25) is 0 Å². The molecule has 0 aliphatic rings. The summed E-state index contributed by atoms with van der Waals surface area (Å²) in [5, 5.41) is 0.918. The SMILES string of the molecule is Cc1ccc(CCOCCBr)cc1. The van der Waals surface area contributed by atoms with Crippen LogP contribution in [-0.4, -0.2) is 18.5 Å². The minimum Gasteiger partial charge on any atom is -0.380 e. The molecule has 0 radical (unpaired) electrons. The van der Waals surface area contributed by atoms with Crippen LogP contribution in [0, 0.1) is 6.92 Å². The lowest BCUT2D eigenvalue weighted by atomic mass is 10.1. The van der Waals surface area contributed by atoms with Crippen LogP contribution in [0.15, 0.2) is 24.3 Å². The highest BCUT2D eigenvalue weighted by Gasteiger charge is 1.92. The molecule has 0 amide bonds. The summed E-state index contributed by atoms with van der Waals surface area (Å²) >= 11 is 3.32. The van der Waals surface area contributed by atoms with E-state index in [0.29, 0.717) is 0 Å². The number of hydrogen-bond donors (Lipinski definition) is 0. The van der Waals surface area contributed by atoms with Crippen molar-refractivity contribution < 1.29 is 4.74 Å². The summed E-state index contributed by atoms with van der Waals surface area (Å²) in [4.78, 5) is 0. The molecule has 0 saturated heterocycles. The summed E-state index contributed by atoms with van der Waals surface area (Å²) in [5.74, 6) is 0. The van der Waals surface area contributed by atoms with Crippen molar-refractivity contribution in [3.8, 4) is 0 Å². The van der Waals surface area contributed by atoms with E-state index in [2.05, 4.69) is 47.1 Å². The monoisotopic (exact) mass is 242 g/mol. The van der Waals surface area contributed by atoms with Crippen LogP contribution in [0.1, 0.15) is 11.1 Å². The van der Waals surface area contributed by atoms with Crippen LogP contribution >= 0.6 is 15.9 Å². The van der Waals surface area contributed by atoms with Gasteiger partial charge in [-0.2, -0.15) is 0 Å². The first-order valence-electron chi connectivity index (χ1n) is 4.52. The fraction of sp³-hybridized carbons (Fsp3) is 0.455. The van der Waals surface area contributed by atoms with Crippen LogP contribution in [0.2, 0.25) is 0 Å². The van der Waals surface area contributed by atoms with Crippen molar-refractivity contribution in [2.45, 2.75) is 13.3 Å². The number of ether oxygens (including phenoxy) is 1. The Morgan fingerprint density at radius 2 is 1.85 bits per heavy atom. The van der Waals surface area contributed by atoms with Gasteiger partial charge in [0, 0.05) is 5.33 Å². The number of benzene rings is 1. The quantitative estimate of drug-likeness (QED) is 0.570. The molecule has 72 valence electrons. The molecule has 1 aromatic rings. The Kier molecular flexibility index (Phi) is 5.09. The van der Waals surface area contributed by atoms with Crippen LogP contribution in [-0.2, 0) is 11.2 Å². The molecule has 0 spiro atoms. The highest BCUT2D eigenvalue weighted by Crippen LogP contribution is 2.03. The molecule has 0 aromatic heterocycles. The second-order valence-electron chi connectivity index (χ2n) is 3.04. The topological polar surface area (TPSA) is 9.23 Å². The van der Waals surface area contributed by atoms with Crippen LogP contribution in [0.5, 0.6) is 0 Å². The van der Waals surface area contributed by atoms with Gasteiger partial charge in [-0.15, -0.1) is 0 Å². The van der Waals surface area contributed by atoms with Crippen molar-refractivity contribution in [2.75, 3.05) is 18.5 Å². The molecular weight excluding hydrogens is 228 g/mol. The van der Waals surface area contributed by atoms with Crippen molar-refractivity contribution >= 4 is 15.9 Å². The number of aryl methyl sites for hydroxylation is 1. The summed E-state index contributed by atoms with van der Waals surface area (Å²) in [6.07, 6.45) is 1.01. The molecule has 1 rings (SSSR count). The van der Waals surface area contributed by atoms with E-state index in [1.807, 2.05) is 0 Å². The molecule has 0 heterocycles. The Hall–Kier alpha value is -0.340. The molecule has 0 unspecified atom stereocenters. The summed E-state index contributed by atoms with van der Waals surface area (Å²) in [7, 11) is 0. The van der Waals surface area contributed by atoms with Gasteiger partial charge in [-0.25, -0.2) is 0 Å². The van der Waals surface area contributed by atoms with Crippen LogP contribution in [0.4, 0.5) is 0 Å². The normalized spacial score (nSPS) is 10.3. The van der Waals surface area contributed by atoms with Gasteiger partial charge in [0.15, 0.2) is 0 Å². The van der Waals surface area contributed by atoms with Crippen LogP contribution < -0.4 is 0 Å². The third-order valence-corrected chi connectivity index (χ3v) is 2.20. The van der Waals surface area contributed by atoms with E-state index < -0.39 is 0 Å². The van der Waals surface area contributed by atoms with Crippen molar-refractivity contribution in [1.82, 2.24) is 0 Å². The summed E-state index contributed by atoms with van der Waals surface area (Å²) in [6, 6.07) is 8.60. The van der Waals surface area contributed by atoms with Crippen LogP contribution in [0.25, 0.3) is 0 Å². The van der Waals surface area contributed by atoms with Gasteiger partial charge in [0.05, 0.1) is 13.2 Å². The first-order valence-corrected chi connectivity index (χ1v) is 5.64. The zero-order chi connectivity index (χ0) is 9.52. The Labute approximate surface area is 88.2 Å². The number of rotatable bonds is 5. The minimum absolute atomic E-state index is 0.797. The third-order valence-electron chi connectivity index (χ3n) is 1.88. The van der Waals surface area contributed by atoms with Gasteiger partial charge in [-0.1, -0.05) is 45.8 Å². The Balaban J connectivity index is 2.25. The first kappa shape index (κ1) is 10.7. The van der Waals surface area contributed by atoms with Crippen LogP contribution in [0.3, 0.4) is 0 Å². The maximum atomic E-state index is 5.37. The van der Waals surface area contributed by atoms with Gasteiger partial charge in [0.25, 0.3) is 0 Å². The summed E-state index contributed by atoms with van der Waals surface area (Å²) in [6.45, 7) is 3.71. The van der Waals surface area contributed by atoms with Crippen molar-refractivity contribution in [2.24, 2.45) is 0 Å². The lowest BCUT2D eigenvalue weighted by Crippen LogP contribution is -2.00. The highest BCUT2D eigenvalue weighted by atomic mass is 79.9. The molecule has 0 N–H and O–H groups in total.